The summed E-state index contributed by atoms with van der Waals surface area (Å²) in [5.41, 5.74) is -1.01. The Kier molecular flexibility index (Phi) is 9.85. The number of carbonyl (C=O) groups excluding carboxylic acids is 2. The maximum Gasteiger partial charge on any atom is 0.409 e. The van der Waals surface area contributed by atoms with Crippen LogP contribution in [0.3, 0.4) is 0 Å². The highest BCUT2D eigenvalue weighted by atomic mass is 16.6. The van der Waals surface area contributed by atoms with Crippen LogP contribution in [0.4, 0.5) is 4.79 Å². The van der Waals surface area contributed by atoms with Gasteiger partial charge in [-0.2, -0.15) is 0 Å². The summed E-state index contributed by atoms with van der Waals surface area (Å²) in [6.07, 6.45) is 4.42. The standard InChI is InChI=1S/C21H42N2O3/c1-10-23(9)18(25)26-16-14-12-11-13-15-21(8,22-20(5,6)7)17(24)19(2,3)4/h22H,10-16H2,1-9H3/t21-/m1/s1. The van der Waals surface area contributed by atoms with Gasteiger partial charge in [0, 0.05) is 24.5 Å². The molecular formula is C21H42N2O3. The third-order valence-corrected chi connectivity index (χ3v) is 4.42. The van der Waals surface area contributed by atoms with Gasteiger partial charge in [-0.1, -0.05) is 40.0 Å². The molecule has 5 heteroatoms. The Balaban J connectivity index is 4.39. The molecule has 0 saturated heterocycles. The van der Waals surface area contributed by atoms with E-state index in [2.05, 4.69) is 26.1 Å². The van der Waals surface area contributed by atoms with Crippen molar-refractivity contribution in [1.82, 2.24) is 10.2 Å². The molecule has 0 aliphatic heterocycles. The SMILES string of the molecule is CCN(C)C(=O)OCCCCCC[C@@](C)(NC(C)(C)C)C(=O)C(C)(C)C. The second kappa shape index (κ2) is 10.3. The highest BCUT2D eigenvalue weighted by Gasteiger charge is 2.41. The summed E-state index contributed by atoms with van der Waals surface area (Å²) in [5.74, 6) is 0.261. The molecule has 0 fully saturated rings. The van der Waals surface area contributed by atoms with Crippen LogP contribution in [0.2, 0.25) is 0 Å². The van der Waals surface area contributed by atoms with Gasteiger partial charge in [0.25, 0.3) is 0 Å². The topological polar surface area (TPSA) is 58.6 Å². The number of hydrogen-bond donors (Lipinski definition) is 1. The van der Waals surface area contributed by atoms with Crippen LogP contribution in [0, 0.1) is 5.41 Å². The largest absolute Gasteiger partial charge is 0.449 e. The third kappa shape index (κ3) is 9.56. The number of nitrogens with zero attached hydrogens (tertiary/aromatic N) is 1. The Morgan fingerprint density at radius 2 is 1.46 bits per heavy atom. The van der Waals surface area contributed by atoms with Crippen LogP contribution in [-0.2, 0) is 9.53 Å². The average Bonchev–Trinajstić information content (AvgIpc) is 2.49. The van der Waals surface area contributed by atoms with Gasteiger partial charge in [-0.25, -0.2) is 4.79 Å². The smallest absolute Gasteiger partial charge is 0.409 e. The predicted molar refractivity (Wildman–Crippen MR) is 108 cm³/mol. The van der Waals surface area contributed by atoms with Crippen molar-refractivity contribution in [1.29, 1.82) is 0 Å². The van der Waals surface area contributed by atoms with Crippen LogP contribution < -0.4 is 5.32 Å². The van der Waals surface area contributed by atoms with E-state index in [4.69, 9.17) is 4.74 Å². The van der Waals surface area contributed by atoms with E-state index >= 15 is 0 Å². The summed E-state index contributed by atoms with van der Waals surface area (Å²) in [6, 6.07) is 0. The minimum Gasteiger partial charge on any atom is -0.449 e. The Hall–Kier alpha value is -1.10. The minimum absolute atomic E-state index is 0.116. The molecule has 1 N–H and O–H groups in total. The number of hydrogen-bond acceptors (Lipinski definition) is 4. The zero-order valence-corrected chi connectivity index (χ0v) is 18.6. The molecule has 0 aromatic rings. The van der Waals surface area contributed by atoms with Crippen LogP contribution in [0.1, 0.15) is 87.5 Å². The van der Waals surface area contributed by atoms with Crippen LogP contribution in [0.15, 0.2) is 0 Å². The number of ether oxygens (including phenoxy) is 1. The molecule has 0 aromatic carbocycles. The highest BCUT2D eigenvalue weighted by molar-refractivity contribution is 5.92. The molecule has 0 spiro atoms. The number of rotatable bonds is 10. The second-order valence-electron chi connectivity index (χ2n) is 9.58. The van der Waals surface area contributed by atoms with Gasteiger partial charge in [0.2, 0.25) is 0 Å². The van der Waals surface area contributed by atoms with Crippen molar-refractivity contribution in [2.45, 2.75) is 98.6 Å². The fraction of sp³-hybridized carbons (Fsp3) is 0.905. The van der Waals surface area contributed by atoms with Gasteiger partial charge in [-0.3, -0.25) is 4.79 Å². The number of ketones is 1. The summed E-state index contributed by atoms with van der Waals surface area (Å²) in [4.78, 5) is 26.1. The van der Waals surface area contributed by atoms with Crippen molar-refractivity contribution in [3.8, 4) is 0 Å². The van der Waals surface area contributed by atoms with E-state index in [1.165, 1.54) is 0 Å². The van der Waals surface area contributed by atoms with Gasteiger partial charge in [-0.15, -0.1) is 0 Å². The number of unbranched alkanes of at least 4 members (excludes halogenated alkanes) is 3. The van der Waals surface area contributed by atoms with Crippen molar-refractivity contribution in [3.63, 3.8) is 0 Å². The zero-order chi connectivity index (χ0) is 20.6. The first-order chi connectivity index (χ1) is 11.7. The van der Waals surface area contributed by atoms with Crippen molar-refractivity contribution in [3.05, 3.63) is 0 Å². The second-order valence-corrected chi connectivity index (χ2v) is 9.58. The number of Topliss-reactive ketones (excluding diaryl/α,β-unsaturated/α-hetero) is 1. The molecule has 0 saturated carbocycles. The zero-order valence-electron chi connectivity index (χ0n) is 18.6. The van der Waals surface area contributed by atoms with Gasteiger partial charge in [0.1, 0.15) is 0 Å². The quantitative estimate of drug-likeness (QED) is 0.562. The van der Waals surface area contributed by atoms with Gasteiger partial charge < -0.3 is 15.0 Å². The fourth-order valence-electron chi connectivity index (χ4n) is 3.22. The van der Waals surface area contributed by atoms with E-state index in [1.54, 1.807) is 11.9 Å². The molecule has 0 rings (SSSR count). The lowest BCUT2D eigenvalue weighted by Crippen LogP contribution is -2.59. The highest BCUT2D eigenvalue weighted by Crippen LogP contribution is 2.29. The monoisotopic (exact) mass is 370 g/mol. The third-order valence-electron chi connectivity index (χ3n) is 4.42. The first kappa shape index (κ1) is 24.9. The summed E-state index contributed by atoms with van der Waals surface area (Å²) in [7, 11) is 1.73. The van der Waals surface area contributed by atoms with Crippen LogP contribution >= 0.6 is 0 Å². The number of amides is 1. The fourth-order valence-corrected chi connectivity index (χ4v) is 3.22. The van der Waals surface area contributed by atoms with Gasteiger partial charge in [0.15, 0.2) is 5.78 Å². The summed E-state index contributed by atoms with van der Waals surface area (Å²) in [6.45, 7) is 17.3. The lowest BCUT2D eigenvalue weighted by molar-refractivity contribution is -0.133. The number of carbonyl (C=O) groups is 2. The lowest BCUT2D eigenvalue weighted by atomic mass is 9.75. The summed E-state index contributed by atoms with van der Waals surface area (Å²) in [5, 5.41) is 3.55. The predicted octanol–water partition coefficient (Wildman–Crippen LogP) is 4.79. The van der Waals surface area contributed by atoms with E-state index in [0.717, 1.165) is 32.1 Å². The molecule has 1 atom stereocenters. The molecule has 26 heavy (non-hydrogen) atoms. The first-order valence-electron chi connectivity index (χ1n) is 9.95. The van der Waals surface area contributed by atoms with Gasteiger partial charge in [-0.05, 0) is 47.5 Å². The molecule has 5 nitrogen and oxygen atoms in total. The molecule has 154 valence electrons. The average molecular weight is 371 g/mol. The maximum atomic E-state index is 13.0. The van der Waals surface area contributed by atoms with E-state index in [9.17, 15) is 9.59 Å². The Morgan fingerprint density at radius 3 is 1.92 bits per heavy atom. The molecule has 0 aliphatic carbocycles. The van der Waals surface area contributed by atoms with Crippen molar-refractivity contribution in [2.24, 2.45) is 5.41 Å². The van der Waals surface area contributed by atoms with Crippen LogP contribution in [0.5, 0.6) is 0 Å². The van der Waals surface area contributed by atoms with Crippen LogP contribution in [-0.4, -0.2) is 48.1 Å². The molecule has 0 unspecified atom stereocenters. The normalized spacial score (nSPS) is 14.7. The molecule has 0 bridgehead atoms. The molecule has 0 heterocycles. The van der Waals surface area contributed by atoms with E-state index in [0.29, 0.717) is 13.2 Å². The Bertz CT molecular complexity index is 449. The van der Waals surface area contributed by atoms with E-state index in [-0.39, 0.29) is 22.8 Å². The van der Waals surface area contributed by atoms with Gasteiger partial charge in [0.05, 0.1) is 12.1 Å². The lowest BCUT2D eigenvalue weighted by Gasteiger charge is -2.40. The molecule has 0 aromatic heterocycles. The van der Waals surface area contributed by atoms with E-state index < -0.39 is 5.54 Å². The molecule has 1 amide bonds. The van der Waals surface area contributed by atoms with Crippen LogP contribution in [0.25, 0.3) is 0 Å². The minimum atomic E-state index is -0.521. The summed E-state index contributed by atoms with van der Waals surface area (Å²) < 4.78 is 5.21. The van der Waals surface area contributed by atoms with Crippen molar-refractivity contribution < 1.29 is 14.3 Å². The van der Waals surface area contributed by atoms with Crippen molar-refractivity contribution >= 4 is 11.9 Å². The number of nitrogens with one attached hydrogen (secondary N) is 1. The molecule has 0 aliphatic rings. The first-order valence-corrected chi connectivity index (χ1v) is 9.95. The van der Waals surface area contributed by atoms with Gasteiger partial charge >= 0.3 is 6.09 Å². The van der Waals surface area contributed by atoms with E-state index in [1.807, 2.05) is 34.6 Å². The Morgan fingerprint density at radius 1 is 0.923 bits per heavy atom. The molecule has 0 radical (unpaired) electrons. The van der Waals surface area contributed by atoms with Crippen molar-refractivity contribution in [2.75, 3.05) is 20.2 Å². The Labute approximate surface area is 161 Å². The summed E-state index contributed by atoms with van der Waals surface area (Å²) >= 11 is 0. The molecular weight excluding hydrogens is 328 g/mol. The maximum absolute atomic E-state index is 13.0.